The number of imidazole rings is 1. The van der Waals surface area contributed by atoms with Gasteiger partial charge < -0.3 is 21.4 Å². The molecule has 17 heavy (non-hydrogen) atoms. The number of nitrogens with zero attached hydrogens (tertiary/aromatic N) is 1. The Labute approximate surface area is 100 Å². The molecule has 1 unspecified atom stereocenters. The van der Waals surface area contributed by atoms with Crippen LogP contribution in [0.2, 0.25) is 0 Å². The predicted molar refractivity (Wildman–Crippen MR) is 65.7 cm³/mol. The van der Waals surface area contributed by atoms with Crippen molar-refractivity contribution in [2.45, 2.75) is 12.5 Å². The summed E-state index contributed by atoms with van der Waals surface area (Å²) in [5, 5.41) is 5.55. The highest BCUT2D eigenvalue weighted by Gasteiger charge is 2.17. The van der Waals surface area contributed by atoms with Crippen molar-refractivity contribution in [2.24, 2.45) is 5.73 Å². The first-order valence-electron chi connectivity index (χ1n) is 5.18. The van der Waals surface area contributed by atoms with Gasteiger partial charge in [0, 0.05) is 24.0 Å². The number of carbonyl (C=O) groups excluding carboxylic acids is 1. The Bertz CT molecular complexity index is 385. The number of H-pyrrole nitrogens is 1. The first kappa shape index (κ1) is 12.8. The van der Waals surface area contributed by atoms with Gasteiger partial charge in [-0.05, 0) is 6.20 Å². The van der Waals surface area contributed by atoms with E-state index in [1.165, 1.54) is 6.20 Å². The Kier molecular flexibility index (Phi) is 4.80. The van der Waals surface area contributed by atoms with Crippen molar-refractivity contribution in [3.8, 4) is 0 Å². The third-order valence-corrected chi connectivity index (χ3v) is 2.10. The van der Waals surface area contributed by atoms with Crippen LogP contribution < -0.4 is 16.4 Å². The zero-order chi connectivity index (χ0) is 12.7. The molecule has 1 heterocycles. The molecule has 0 bridgehead atoms. The van der Waals surface area contributed by atoms with Crippen molar-refractivity contribution in [2.75, 3.05) is 6.54 Å². The molecule has 1 aromatic heterocycles. The monoisotopic (exact) mass is 235 g/mol. The van der Waals surface area contributed by atoms with Crippen LogP contribution in [-0.2, 0) is 11.2 Å². The minimum absolute atomic E-state index is 0.161. The topological polar surface area (TPSA) is 95.8 Å². The van der Waals surface area contributed by atoms with E-state index < -0.39 is 6.04 Å². The highest BCUT2D eigenvalue weighted by atomic mass is 16.2. The summed E-state index contributed by atoms with van der Waals surface area (Å²) >= 11 is 0. The molecule has 0 spiro atoms. The minimum atomic E-state index is -0.410. The number of aromatic nitrogens is 2. The van der Waals surface area contributed by atoms with Crippen molar-refractivity contribution in [3.63, 3.8) is 0 Å². The molecule has 0 aliphatic heterocycles. The maximum atomic E-state index is 11.8. The van der Waals surface area contributed by atoms with Gasteiger partial charge in [0.25, 0.3) is 0 Å². The molecule has 0 saturated carbocycles. The molecule has 0 fully saturated rings. The average Bonchev–Trinajstić information content (AvgIpc) is 2.78. The lowest BCUT2D eigenvalue weighted by Crippen LogP contribution is -2.44. The van der Waals surface area contributed by atoms with E-state index in [0.29, 0.717) is 12.1 Å². The van der Waals surface area contributed by atoms with E-state index in [0.717, 1.165) is 5.69 Å². The molecule has 1 rings (SSSR count). The van der Waals surface area contributed by atoms with Crippen LogP contribution in [0.3, 0.4) is 0 Å². The van der Waals surface area contributed by atoms with Crippen LogP contribution in [0.15, 0.2) is 37.6 Å². The van der Waals surface area contributed by atoms with Crippen LogP contribution >= 0.6 is 0 Å². The molecule has 0 saturated heterocycles. The van der Waals surface area contributed by atoms with Crippen LogP contribution in [-0.4, -0.2) is 28.5 Å². The second kappa shape index (κ2) is 6.37. The molecule has 1 amide bonds. The summed E-state index contributed by atoms with van der Waals surface area (Å²) < 4.78 is 0. The number of aromatic amines is 1. The molecule has 6 heteroatoms. The fourth-order valence-electron chi connectivity index (χ4n) is 1.31. The van der Waals surface area contributed by atoms with Crippen LogP contribution in [0.1, 0.15) is 5.69 Å². The first-order valence-corrected chi connectivity index (χ1v) is 5.18. The summed E-state index contributed by atoms with van der Waals surface area (Å²) in [6.45, 7) is 7.32. The van der Waals surface area contributed by atoms with Gasteiger partial charge in [0.05, 0.1) is 12.9 Å². The molecular formula is C11H17N5O. The molecule has 92 valence electrons. The highest BCUT2D eigenvalue weighted by Crippen LogP contribution is 1.98. The number of hydrogen-bond donors (Lipinski definition) is 4. The molecule has 0 radical (unpaired) electrons. The van der Waals surface area contributed by atoms with Gasteiger partial charge >= 0.3 is 0 Å². The van der Waals surface area contributed by atoms with Gasteiger partial charge in [0.15, 0.2) is 0 Å². The highest BCUT2D eigenvalue weighted by molar-refractivity contribution is 5.82. The Balaban J connectivity index is 2.55. The normalized spacial score (nSPS) is 11.5. The Morgan fingerprint density at radius 3 is 3.00 bits per heavy atom. The predicted octanol–water partition coefficient (Wildman–Crippen LogP) is -0.357. The zero-order valence-electron chi connectivity index (χ0n) is 9.57. The van der Waals surface area contributed by atoms with E-state index in [9.17, 15) is 4.79 Å². The van der Waals surface area contributed by atoms with Gasteiger partial charge in [-0.1, -0.05) is 13.2 Å². The van der Waals surface area contributed by atoms with Gasteiger partial charge in [-0.2, -0.15) is 0 Å². The Morgan fingerprint density at radius 1 is 1.71 bits per heavy atom. The van der Waals surface area contributed by atoms with Crippen LogP contribution in [0, 0.1) is 0 Å². The number of hydrogen-bond acceptors (Lipinski definition) is 4. The van der Waals surface area contributed by atoms with Crippen LogP contribution in [0.5, 0.6) is 0 Å². The summed E-state index contributed by atoms with van der Waals surface area (Å²) in [5.74, 6) is -0.161. The SMILES string of the molecule is C=CNC(Cc1cnc[nH]1)C(=O)NCC(=C)N. The first-order chi connectivity index (χ1) is 8.13. The number of carbonyl (C=O) groups is 1. The standard InChI is InChI=1S/C11H17N5O/c1-3-14-10(4-9-6-13-7-16-9)11(17)15-5-8(2)12/h3,6-7,10,14H,1-2,4-5,12H2,(H,13,16)(H,15,17). The average molecular weight is 235 g/mol. The lowest BCUT2D eigenvalue weighted by Gasteiger charge is -2.16. The van der Waals surface area contributed by atoms with Gasteiger partial charge in [-0.25, -0.2) is 4.98 Å². The molecule has 0 aromatic carbocycles. The molecule has 0 aliphatic rings. The van der Waals surface area contributed by atoms with Crippen molar-refractivity contribution in [3.05, 3.63) is 43.3 Å². The van der Waals surface area contributed by atoms with Crippen molar-refractivity contribution < 1.29 is 4.79 Å². The second-order valence-electron chi connectivity index (χ2n) is 3.58. The maximum absolute atomic E-state index is 11.8. The van der Waals surface area contributed by atoms with E-state index in [1.54, 1.807) is 12.5 Å². The number of rotatable bonds is 7. The molecule has 1 atom stereocenters. The molecular weight excluding hydrogens is 218 g/mol. The summed E-state index contributed by atoms with van der Waals surface area (Å²) in [6.07, 6.45) is 5.22. The molecule has 1 aromatic rings. The number of amides is 1. The van der Waals surface area contributed by atoms with Crippen molar-refractivity contribution in [1.82, 2.24) is 20.6 Å². The lowest BCUT2D eigenvalue weighted by molar-refractivity contribution is -0.122. The molecule has 5 N–H and O–H groups in total. The summed E-state index contributed by atoms with van der Waals surface area (Å²) in [5.41, 5.74) is 6.67. The summed E-state index contributed by atoms with van der Waals surface area (Å²) in [4.78, 5) is 18.6. The molecule has 6 nitrogen and oxygen atoms in total. The molecule has 0 aliphatic carbocycles. The quantitative estimate of drug-likeness (QED) is 0.519. The van der Waals surface area contributed by atoms with Gasteiger partial charge in [0.2, 0.25) is 5.91 Å². The lowest BCUT2D eigenvalue weighted by atomic mass is 10.1. The number of nitrogens with two attached hydrogens (primary N) is 1. The van der Waals surface area contributed by atoms with E-state index in [1.807, 2.05) is 0 Å². The van der Waals surface area contributed by atoms with Crippen molar-refractivity contribution >= 4 is 5.91 Å². The minimum Gasteiger partial charge on any atom is -0.401 e. The fraction of sp³-hybridized carbons (Fsp3) is 0.273. The summed E-state index contributed by atoms with van der Waals surface area (Å²) in [6, 6.07) is -0.410. The van der Waals surface area contributed by atoms with E-state index >= 15 is 0 Å². The van der Waals surface area contributed by atoms with E-state index in [4.69, 9.17) is 5.73 Å². The van der Waals surface area contributed by atoms with Gasteiger partial charge in [-0.3, -0.25) is 4.79 Å². The zero-order valence-corrected chi connectivity index (χ0v) is 9.57. The smallest absolute Gasteiger partial charge is 0.243 e. The Morgan fingerprint density at radius 2 is 2.47 bits per heavy atom. The van der Waals surface area contributed by atoms with Gasteiger partial charge in [0.1, 0.15) is 6.04 Å². The van der Waals surface area contributed by atoms with Crippen molar-refractivity contribution in [1.29, 1.82) is 0 Å². The van der Waals surface area contributed by atoms with Crippen LogP contribution in [0.4, 0.5) is 0 Å². The largest absolute Gasteiger partial charge is 0.401 e. The summed E-state index contributed by atoms with van der Waals surface area (Å²) in [7, 11) is 0. The van der Waals surface area contributed by atoms with E-state index in [2.05, 4.69) is 33.8 Å². The fourth-order valence-corrected chi connectivity index (χ4v) is 1.31. The van der Waals surface area contributed by atoms with E-state index in [-0.39, 0.29) is 12.5 Å². The third kappa shape index (κ3) is 4.42. The third-order valence-electron chi connectivity index (χ3n) is 2.10. The Hall–Kier alpha value is -2.24. The van der Waals surface area contributed by atoms with Gasteiger partial charge in [-0.15, -0.1) is 0 Å². The number of nitrogens with one attached hydrogen (secondary N) is 3. The maximum Gasteiger partial charge on any atom is 0.243 e. The second-order valence-corrected chi connectivity index (χ2v) is 3.58. The van der Waals surface area contributed by atoms with Crippen LogP contribution in [0.25, 0.3) is 0 Å².